The van der Waals surface area contributed by atoms with Gasteiger partial charge in [0, 0.05) is 0 Å². The molecule has 0 saturated heterocycles. The first kappa shape index (κ1) is 9.01. The molecule has 2 rings (SSSR count). The van der Waals surface area contributed by atoms with Gasteiger partial charge in [-0.05, 0) is 28.3 Å². The molecule has 0 fully saturated rings. The highest BCUT2D eigenvalue weighted by molar-refractivity contribution is 5.93. The summed E-state index contributed by atoms with van der Waals surface area (Å²) in [4.78, 5) is 0. The molecule has 0 spiro atoms. The molecule has 0 radical (unpaired) electrons. The number of allylic oxidation sites excluding steroid dienone is 1. The third-order valence-electron chi connectivity index (χ3n) is 2.60. The largest absolute Gasteiger partial charge is 0.0952 e. The van der Waals surface area contributed by atoms with Crippen molar-refractivity contribution < 1.29 is 0 Å². The van der Waals surface area contributed by atoms with Crippen LogP contribution >= 0.6 is 0 Å². The van der Waals surface area contributed by atoms with Crippen LogP contribution in [0.3, 0.4) is 0 Å². The Hall–Kier alpha value is -1.56. The van der Waals surface area contributed by atoms with Gasteiger partial charge in [0.1, 0.15) is 0 Å². The van der Waals surface area contributed by atoms with Gasteiger partial charge in [-0.1, -0.05) is 56.0 Å². The summed E-state index contributed by atoms with van der Waals surface area (Å²) >= 11 is 0. The first-order valence-corrected chi connectivity index (χ1v) is 4.99. The van der Waals surface area contributed by atoms with E-state index in [1.54, 1.807) is 0 Å². The minimum Gasteiger partial charge on any atom is -0.0952 e. The molecule has 0 saturated carbocycles. The fourth-order valence-corrected chi connectivity index (χ4v) is 1.72. The standard InChI is InChI=1S/C14H14/c1-3-11(2)13-10-6-8-12-7-4-5-9-14(12)13/h4-10H,2-3H2,1H3. The summed E-state index contributed by atoms with van der Waals surface area (Å²) in [6.07, 6.45) is 1.01. The van der Waals surface area contributed by atoms with Crippen LogP contribution in [0.5, 0.6) is 0 Å². The Labute approximate surface area is 84.9 Å². The lowest BCUT2D eigenvalue weighted by Gasteiger charge is -2.07. The van der Waals surface area contributed by atoms with E-state index in [2.05, 4.69) is 56.0 Å². The monoisotopic (exact) mass is 182 g/mol. The number of benzene rings is 2. The molecule has 0 amide bonds. The van der Waals surface area contributed by atoms with Gasteiger partial charge in [-0.2, -0.15) is 0 Å². The highest BCUT2D eigenvalue weighted by Crippen LogP contribution is 2.25. The van der Waals surface area contributed by atoms with E-state index in [0.29, 0.717) is 0 Å². The average Bonchev–Trinajstić information content (AvgIpc) is 2.27. The molecule has 0 nitrogen and oxygen atoms in total. The van der Waals surface area contributed by atoms with Crippen LogP contribution < -0.4 is 0 Å². The Balaban J connectivity index is 2.71. The number of hydrogen-bond acceptors (Lipinski definition) is 0. The molecule has 0 bridgehead atoms. The second-order valence-corrected chi connectivity index (χ2v) is 3.48. The maximum absolute atomic E-state index is 4.09. The molecule has 0 N–H and O–H groups in total. The van der Waals surface area contributed by atoms with Gasteiger partial charge in [0.25, 0.3) is 0 Å². The van der Waals surface area contributed by atoms with Crippen molar-refractivity contribution in [2.45, 2.75) is 13.3 Å². The smallest absolute Gasteiger partial charge is 0.0109 e. The summed E-state index contributed by atoms with van der Waals surface area (Å²) in [5.41, 5.74) is 2.49. The second kappa shape index (κ2) is 3.67. The Kier molecular flexibility index (Phi) is 2.36. The van der Waals surface area contributed by atoms with Crippen molar-refractivity contribution >= 4 is 16.3 Å². The Morgan fingerprint density at radius 1 is 1.07 bits per heavy atom. The normalized spacial score (nSPS) is 10.4. The first-order chi connectivity index (χ1) is 6.83. The summed E-state index contributed by atoms with van der Waals surface area (Å²) in [6.45, 7) is 6.24. The van der Waals surface area contributed by atoms with Crippen molar-refractivity contribution in [1.29, 1.82) is 0 Å². The Morgan fingerprint density at radius 3 is 2.57 bits per heavy atom. The van der Waals surface area contributed by atoms with Crippen molar-refractivity contribution in [1.82, 2.24) is 0 Å². The lowest BCUT2D eigenvalue weighted by atomic mass is 9.98. The lowest BCUT2D eigenvalue weighted by molar-refractivity contribution is 1.25. The third kappa shape index (κ3) is 1.44. The molecular formula is C14H14. The summed E-state index contributed by atoms with van der Waals surface area (Å²) in [5, 5.41) is 2.60. The first-order valence-electron chi connectivity index (χ1n) is 4.99. The molecule has 2 aromatic rings. The molecule has 0 aromatic heterocycles. The molecule has 2 aromatic carbocycles. The highest BCUT2D eigenvalue weighted by atomic mass is 14.1. The van der Waals surface area contributed by atoms with Gasteiger partial charge in [-0.25, -0.2) is 0 Å². The molecule has 0 unspecified atom stereocenters. The fourth-order valence-electron chi connectivity index (χ4n) is 1.72. The van der Waals surface area contributed by atoms with Crippen LogP contribution in [0.1, 0.15) is 18.9 Å². The zero-order valence-electron chi connectivity index (χ0n) is 8.46. The minimum absolute atomic E-state index is 1.01. The van der Waals surface area contributed by atoms with Crippen molar-refractivity contribution in [3.63, 3.8) is 0 Å². The molecule has 0 aliphatic rings. The molecule has 0 aliphatic carbocycles. The number of fused-ring (bicyclic) bond motifs is 1. The van der Waals surface area contributed by atoms with Crippen LogP contribution in [0.25, 0.3) is 16.3 Å². The summed E-state index contributed by atoms with van der Waals surface area (Å²) in [6, 6.07) is 14.8. The number of hydrogen-bond donors (Lipinski definition) is 0. The average molecular weight is 182 g/mol. The lowest BCUT2D eigenvalue weighted by Crippen LogP contribution is -1.83. The van der Waals surface area contributed by atoms with Crippen molar-refractivity contribution in [3.05, 3.63) is 54.6 Å². The molecule has 0 heteroatoms. The summed E-state index contributed by atoms with van der Waals surface area (Å²) < 4.78 is 0. The zero-order valence-corrected chi connectivity index (χ0v) is 8.46. The van der Waals surface area contributed by atoms with Gasteiger partial charge in [0.2, 0.25) is 0 Å². The molecule has 14 heavy (non-hydrogen) atoms. The van der Waals surface area contributed by atoms with E-state index in [4.69, 9.17) is 0 Å². The minimum atomic E-state index is 1.01. The quantitative estimate of drug-likeness (QED) is 0.651. The predicted octanol–water partition coefficient (Wildman–Crippen LogP) is 4.26. The number of rotatable bonds is 2. The zero-order chi connectivity index (χ0) is 9.97. The second-order valence-electron chi connectivity index (χ2n) is 3.48. The Bertz CT molecular complexity index is 461. The molecular weight excluding hydrogens is 168 g/mol. The molecule has 0 atom stereocenters. The third-order valence-corrected chi connectivity index (χ3v) is 2.60. The van der Waals surface area contributed by atoms with Gasteiger partial charge in [0.15, 0.2) is 0 Å². The fraction of sp³-hybridized carbons (Fsp3) is 0.143. The molecule has 70 valence electrons. The molecule has 0 heterocycles. The van der Waals surface area contributed by atoms with Crippen LogP contribution in [0.2, 0.25) is 0 Å². The van der Waals surface area contributed by atoms with Crippen LogP contribution in [-0.2, 0) is 0 Å². The maximum Gasteiger partial charge on any atom is -0.0109 e. The SMILES string of the molecule is C=C(CC)c1cccc2ccccc12. The van der Waals surface area contributed by atoms with Crippen LogP contribution in [0.4, 0.5) is 0 Å². The van der Waals surface area contributed by atoms with E-state index < -0.39 is 0 Å². The summed E-state index contributed by atoms with van der Waals surface area (Å²) in [7, 11) is 0. The maximum atomic E-state index is 4.09. The highest BCUT2D eigenvalue weighted by Gasteiger charge is 2.01. The predicted molar refractivity (Wildman–Crippen MR) is 63.3 cm³/mol. The molecule has 0 aliphatic heterocycles. The van der Waals surface area contributed by atoms with Crippen LogP contribution in [0.15, 0.2) is 49.0 Å². The van der Waals surface area contributed by atoms with E-state index in [0.717, 1.165) is 6.42 Å². The Morgan fingerprint density at radius 2 is 1.79 bits per heavy atom. The van der Waals surface area contributed by atoms with E-state index in [-0.39, 0.29) is 0 Å². The van der Waals surface area contributed by atoms with Crippen molar-refractivity contribution in [2.24, 2.45) is 0 Å². The van der Waals surface area contributed by atoms with E-state index in [1.165, 1.54) is 21.9 Å². The van der Waals surface area contributed by atoms with Gasteiger partial charge in [-0.15, -0.1) is 0 Å². The van der Waals surface area contributed by atoms with Gasteiger partial charge >= 0.3 is 0 Å². The van der Waals surface area contributed by atoms with E-state index >= 15 is 0 Å². The van der Waals surface area contributed by atoms with Crippen molar-refractivity contribution in [3.8, 4) is 0 Å². The van der Waals surface area contributed by atoms with E-state index in [1.807, 2.05) is 0 Å². The topological polar surface area (TPSA) is 0 Å². The van der Waals surface area contributed by atoms with Crippen LogP contribution in [-0.4, -0.2) is 0 Å². The van der Waals surface area contributed by atoms with Gasteiger partial charge < -0.3 is 0 Å². The summed E-state index contributed by atoms with van der Waals surface area (Å²) in [5.74, 6) is 0. The van der Waals surface area contributed by atoms with Crippen LogP contribution in [0, 0.1) is 0 Å². The van der Waals surface area contributed by atoms with Gasteiger partial charge in [-0.3, -0.25) is 0 Å². The van der Waals surface area contributed by atoms with Gasteiger partial charge in [0.05, 0.1) is 0 Å². The van der Waals surface area contributed by atoms with Crippen molar-refractivity contribution in [2.75, 3.05) is 0 Å². The van der Waals surface area contributed by atoms with E-state index in [9.17, 15) is 0 Å².